The molecule has 0 N–H and O–H groups in total. The highest BCUT2D eigenvalue weighted by atomic mass is 16.6. The molecule has 2 aromatic rings. The van der Waals surface area contributed by atoms with Gasteiger partial charge in [0.15, 0.2) is 17.6 Å². The molecule has 7 heteroatoms. The number of hydrogen-bond donors (Lipinski definition) is 0. The van der Waals surface area contributed by atoms with Crippen LogP contribution in [0.2, 0.25) is 0 Å². The summed E-state index contributed by atoms with van der Waals surface area (Å²) < 4.78 is 17.9. The first-order valence-electron chi connectivity index (χ1n) is 13.3. The average Bonchev–Trinajstić information content (AvgIpc) is 2.92. The summed E-state index contributed by atoms with van der Waals surface area (Å²) in [5, 5.41) is 0. The van der Waals surface area contributed by atoms with Crippen molar-refractivity contribution < 1.29 is 23.8 Å². The Hall–Kier alpha value is -3.22. The first kappa shape index (κ1) is 24.5. The molecular weight excluding hydrogens is 456 g/mol. The van der Waals surface area contributed by atoms with E-state index in [2.05, 4.69) is 6.92 Å². The number of piperazine rings is 1. The summed E-state index contributed by atoms with van der Waals surface area (Å²) in [6.45, 7) is 3.54. The first-order chi connectivity index (χ1) is 17.6. The smallest absolute Gasteiger partial charge is 0.250 e. The van der Waals surface area contributed by atoms with Crippen LogP contribution >= 0.6 is 0 Å². The fourth-order valence-corrected chi connectivity index (χ4v) is 5.43. The molecular formula is C29H36N2O5. The number of fused-ring (bicyclic) bond motifs is 1. The van der Waals surface area contributed by atoms with Gasteiger partial charge in [-0.3, -0.25) is 9.59 Å². The van der Waals surface area contributed by atoms with Gasteiger partial charge in [0.05, 0.1) is 13.2 Å². The Morgan fingerprint density at radius 3 is 2.47 bits per heavy atom. The van der Waals surface area contributed by atoms with Gasteiger partial charge in [0.2, 0.25) is 5.91 Å². The number of unbranched alkanes of at least 4 members (excludes halogenated alkanes) is 1. The van der Waals surface area contributed by atoms with Gasteiger partial charge < -0.3 is 24.0 Å². The molecule has 0 spiro atoms. The topological polar surface area (TPSA) is 68.3 Å². The highest BCUT2D eigenvalue weighted by Gasteiger charge is 2.44. The third kappa shape index (κ3) is 5.30. The Balaban J connectivity index is 1.38. The lowest BCUT2D eigenvalue weighted by atomic mass is 9.91. The van der Waals surface area contributed by atoms with Crippen molar-refractivity contribution in [1.82, 2.24) is 9.80 Å². The molecule has 0 bridgehead atoms. The molecule has 2 aliphatic heterocycles. The van der Waals surface area contributed by atoms with Crippen molar-refractivity contribution in [1.29, 1.82) is 0 Å². The third-order valence-electron chi connectivity index (χ3n) is 7.40. The predicted molar refractivity (Wildman–Crippen MR) is 136 cm³/mol. The van der Waals surface area contributed by atoms with E-state index in [-0.39, 0.29) is 37.0 Å². The van der Waals surface area contributed by atoms with E-state index in [1.165, 1.54) is 6.42 Å². The SMILES string of the molecule is CCCCOc1ccc(C2C(=O)N(C3CCCCC3)CC(=O)N2CC2COc3ccccc3O2)cc1. The van der Waals surface area contributed by atoms with Gasteiger partial charge in [0, 0.05) is 6.04 Å². The van der Waals surface area contributed by atoms with Gasteiger partial charge in [-0.25, -0.2) is 0 Å². The summed E-state index contributed by atoms with van der Waals surface area (Å²) in [6.07, 6.45) is 7.05. The molecule has 3 aliphatic rings. The summed E-state index contributed by atoms with van der Waals surface area (Å²) in [5.41, 5.74) is 0.800. The van der Waals surface area contributed by atoms with Gasteiger partial charge in [-0.15, -0.1) is 0 Å². The summed E-state index contributed by atoms with van der Waals surface area (Å²) in [4.78, 5) is 31.0. The highest BCUT2D eigenvalue weighted by molar-refractivity contribution is 5.95. The van der Waals surface area contributed by atoms with E-state index in [4.69, 9.17) is 14.2 Å². The largest absolute Gasteiger partial charge is 0.494 e. The van der Waals surface area contributed by atoms with Gasteiger partial charge in [-0.05, 0) is 49.1 Å². The number of benzene rings is 2. The molecule has 2 fully saturated rings. The molecule has 7 nitrogen and oxygen atoms in total. The van der Waals surface area contributed by atoms with Crippen LogP contribution in [0.4, 0.5) is 0 Å². The molecule has 192 valence electrons. The van der Waals surface area contributed by atoms with Crippen molar-refractivity contribution in [3.05, 3.63) is 54.1 Å². The minimum absolute atomic E-state index is 0.00159. The van der Waals surface area contributed by atoms with Crippen molar-refractivity contribution in [2.45, 2.75) is 70.1 Å². The summed E-state index contributed by atoms with van der Waals surface area (Å²) in [5.74, 6) is 2.10. The average molecular weight is 493 g/mol. The monoisotopic (exact) mass is 492 g/mol. The molecule has 2 aromatic carbocycles. The van der Waals surface area contributed by atoms with Crippen LogP contribution < -0.4 is 14.2 Å². The third-order valence-corrected chi connectivity index (χ3v) is 7.40. The molecule has 0 aromatic heterocycles. The maximum atomic E-state index is 13.9. The van der Waals surface area contributed by atoms with Crippen LogP contribution in [0, 0.1) is 0 Å². The highest BCUT2D eigenvalue weighted by Crippen LogP contribution is 2.35. The maximum absolute atomic E-state index is 13.9. The van der Waals surface area contributed by atoms with Crippen molar-refractivity contribution >= 4 is 11.8 Å². The summed E-state index contributed by atoms with van der Waals surface area (Å²) in [7, 11) is 0. The minimum Gasteiger partial charge on any atom is -0.494 e. The molecule has 36 heavy (non-hydrogen) atoms. The van der Waals surface area contributed by atoms with E-state index in [1.54, 1.807) is 4.90 Å². The molecule has 2 atom stereocenters. The number of para-hydroxylation sites is 2. The number of rotatable bonds is 8. The van der Waals surface area contributed by atoms with E-state index in [0.717, 1.165) is 49.8 Å². The van der Waals surface area contributed by atoms with Crippen LogP contribution in [0.1, 0.15) is 63.5 Å². The quantitative estimate of drug-likeness (QED) is 0.498. The fraction of sp³-hybridized carbons (Fsp3) is 0.517. The van der Waals surface area contributed by atoms with Crippen LogP contribution in [-0.4, -0.2) is 60.1 Å². The van der Waals surface area contributed by atoms with Crippen LogP contribution in [0.25, 0.3) is 0 Å². The zero-order chi connectivity index (χ0) is 24.9. The molecule has 0 radical (unpaired) electrons. The molecule has 1 saturated carbocycles. The van der Waals surface area contributed by atoms with E-state index in [1.807, 2.05) is 53.4 Å². The molecule has 5 rings (SSSR count). The summed E-state index contributed by atoms with van der Waals surface area (Å²) in [6, 6.07) is 14.6. The number of hydrogen-bond acceptors (Lipinski definition) is 5. The zero-order valence-corrected chi connectivity index (χ0v) is 21.1. The molecule has 2 unspecified atom stereocenters. The van der Waals surface area contributed by atoms with Crippen LogP contribution in [-0.2, 0) is 9.59 Å². The van der Waals surface area contributed by atoms with Gasteiger partial charge in [0.1, 0.15) is 24.9 Å². The van der Waals surface area contributed by atoms with Crippen molar-refractivity contribution in [3.63, 3.8) is 0 Å². The lowest BCUT2D eigenvalue weighted by Crippen LogP contribution is -2.60. The molecule has 1 saturated heterocycles. The molecule has 2 heterocycles. The van der Waals surface area contributed by atoms with Crippen molar-refractivity contribution in [2.75, 3.05) is 26.3 Å². The second-order valence-corrected chi connectivity index (χ2v) is 9.98. The molecule has 1 aliphatic carbocycles. The number of carbonyl (C=O) groups is 2. The standard InChI is InChI=1S/C29H36N2O5/c1-2-3-17-34-23-15-13-21(14-16-23)28-29(33)30(22-9-5-4-6-10-22)19-27(32)31(28)18-24-20-35-25-11-7-8-12-26(25)36-24/h7-8,11-16,22,24,28H,2-6,9-10,17-20H2,1H3. The predicted octanol–water partition coefficient (Wildman–Crippen LogP) is 4.75. The Kier molecular flexibility index (Phi) is 7.63. The second-order valence-electron chi connectivity index (χ2n) is 9.98. The van der Waals surface area contributed by atoms with Crippen molar-refractivity contribution in [3.8, 4) is 17.2 Å². The van der Waals surface area contributed by atoms with Crippen molar-refractivity contribution in [2.24, 2.45) is 0 Å². The minimum atomic E-state index is -0.682. The van der Waals surface area contributed by atoms with Crippen LogP contribution in [0.15, 0.2) is 48.5 Å². The number of nitrogens with zero attached hydrogens (tertiary/aromatic N) is 2. The van der Waals surface area contributed by atoms with E-state index < -0.39 is 6.04 Å². The zero-order valence-electron chi connectivity index (χ0n) is 21.1. The Labute approximate surface area is 213 Å². The van der Waals surface area contributed by atoms with Gasteiger partial charge >= 0.3 is 0 Å². The van der Waals surface area contributed by atoms with Crippen LogP contribution in [0.5, 0.6) is 17.2 Å². The number of carbonyl (C=O) groups excluding carboxylic acids is 2. The Morgan fingerprint density at radius 2 is 1.72 bits per heavy atom. The van der Waals surface area contributed by atoms with E-state index in [0.29, 0.717) is 24.7 Å². The maximum Gasteiger partial charge on any atom is 0.250 e. The van der Waals surface area contributed by atoms with E-state index >= 15 is 0 Å². The van der Waals surface area contributed by atoms with Gasteiger partial charge in [0.25, 0.3) is 5.91 Å². The fourth-order valence-electron chi connectivity index (χ4n) is 5.43. The second kappa shape index (κ2) is 11.2. The number of amides is 2. The van der Waals surface area contributed by atoms with E-state index in [9.17, 15) is 9.59 Å². The normalized spacial score (nSPS) is 22.6. The lowest BCUT2D eigenvalue weighted by Gasteiger charge is -2.45. The lowest BCUT2D eigenvalue weighted by molar-refractivity contribution is -0.160. The Bertz CT molecular complexity index is 1050. The van der Waals surface area contributed by atoms with Gasteiger partial charge in [-0.1, -0.05) is 56.9 Å². The van der Waals surface area contributed by atoms with Crippen LogP contribution in [0.3, 0.4) is 0 Å². The number of ether oxygens (including phenoxy) is 3. The molecule has 2 amide bonds. The Morgan fingerprint density at radius 1 is 0.972 bits per heavy atom. The van der Waals surface area contributed by atoms with Gasteiger partial charge in [-0.2, -0.15) is 0 Å². The first-order valence-corrected chi connectivity index (χ1v) is 13.3. The summed E-state index contributed by atoms with van der Waals surface area (Å²) >= 11 is 0.